The van der Waals surface area contributed by atoms with E-state index < -0.39 is 11.7 Å². The first-order chi connectivity index (χ1) is 9.20. The molecule has 1 aromatic carbocycles. The summed E-state index contributed by atoms with van der Waals surface area (Å²) in [4.78, 5) is 11.4. The quantitative estimate of drug-likeness (QED) is 0.817. The van der Waals surface area contributed by atoms with Gasteiger partial charge in [0, 0.05) is 34.9 Å². The predicted octanol–water partition coefficient (Wildman–Crippen LogP) is 3.06. The van der Waals surface area contributed by atoms with Crippen LogP contribution in [-0.2, 0) is 6.18 Å². The Morgan fingerprint density at radius 3 is 2.10 bits per heavy atom. The van der Waals surface area contributed by atoms with Gasteiger partial charge in [-0.2, -0.15) is 13.2 Å². The average Bonchev–Trinajstić information content (AvgIpc) is 2.28. The van der Waals surface area contributed by atoms with Crippen LogP contribution in [0, 0.1) is 13.8 Å². The number of halogens is 3. The highest BCUT2D eigenvalue weighted by atomic mass is 19.4. The number of alkyl halides is 3. The molecule has 0 aliphatic heterocycles. The molecule has 0 fully saturated rings. The first-order valence-corrected chi connectivity index (χ1v) is 5.87. The average molecular weight is 282 g/mol. The lowest BCUT2D eigenvalue weighted by atomic mass is 10.1. The predicted molar refractivity (Wildman–Crippen MR) is 70.9 cm³/mol. The maximum absolute atomic E-state index is 12.9. The molecule has 0 aliphatic carbocycles. The normalized spacial score (nSPS) is 11.7. The molecule has 2 rings (SSSR count). The molecule has 2 aromatic rings. The molecule has 6 heteroatoms. The Labute approximate surface area is 113 Å². The Bertz CT molecular complexity index is 691. The maximum atomic E-state index is 12.9. The van der Waals surface area contributed by atoms with E-state index in [0.29, 0.717) is 17.1 Å². The third-order valence-electron chi connectivity index (χ3n) is 3.01. The van der Waals surface area contributed by atoms with Crippen LogP contribution < -0.4 is 11.2 Å². The van der Waals surface area contributed by atoms with Crippen molar-refractivity contribution in [2.75, 3.05) is 5.73 Å². The maximum Gasteiger partial charge on any atom is 0.418 e. The highest BCUT2D eigenvalue weighted by molar-refractivity contribution is 5.54. The second kappa shape index (κ2) is 4.70. The largest absolute Gasteiger partial charge is 0.418 e. The molecule has 0 radical (unpaired) electrons. The van der Waals surface area contributed by atoms with E-state index in [9.17, 15) is 18.0 Å². The molecule has 0 amide bonds. The molecule has 20 heavy (non-hydrogen) atoms. The van der Waals surface area contributed by atoms with Crippen molar-refractivity contribution >= 4 is 5.69 Å². The summed E-state index contributed by atoms with van der Waals surface area (Å²) in [6.07, 6.45) is -4.51. The Balaban J connectivity index is 2.69. The van der Waals surface area contributed by atoms with Crippen LogP contribution in [0.2, 0.25) is 0 Å². The van der Waals surface area contributed by atoms with Crippen LogP contribution in [-0.4, -0.2) is 4.57 Å². The van der Waals surface area contributed by atoms with Crippen molar-refractivity contribution in [3.05, 3.63) is 57.5 Å². The smallest absolute Gasteiger partial charge is 0.398 e. The van der Waals surface area contributed by atoms with Gasteiger partial charge in [-0.15, -0.1) is 0 Å². The van der Waals surface area contributed by atoms with Gasteiger partial charge in [-0.3, -0.25) is 4.79 Å². The summed E-state index contributed by atoms with van der Waals surface area (Å²) in [6.45, 7) is 3.33. The molecule has 2 N–H and O–H groups in total. The van der Waals surface area contributed by atoms with Crippen molar-refractivity contribution in [1.82, 2.24) is 4.57 Å². The lowest BCUT2D eigenvalue weighted by molar-refractivity contribution is -0.136. The van der Waals surface area contributed by atoms with Gasteiger partial charge in [0.1, 0.15) is 0 Å². The number of hydrogen-bond donors (Lipinski definition) is 1. The summed E-state index contributed by atoms with van der Waals surface area (Å²) in [5, 5.41) is 0. The molecule has 0 atom stereocenters. The van der Waals surface area contributed by atoms with E-state index in [2.05, 4.69) is 0 Å². The Morgan fingerprint density at radius 1 is 1.05 bits per heavy atom. The lowest BCUT2D eigenvalue weighted by Crippen LogP contribution is -2.14. The fraction of sp³-hybridized carbons (Fsp3) is 0.214. The van der Waals surface area contributed by atoms with Crippen molar-refractivity contribution in [1.29, 1.82) is 0 Å². The fourth-order valence-corrected chi connectivity index (χ4v) is 2.20. The summed E-state index contributed by atoms with van der Waals surface area (Å²) < 4.78 is 40.2. The van der Waals surface area contributed by atoms with Crippen LogP contribution in [0.1, 0.15) is 17.0 Å². The van der Waals surface area contributed by atoms with E-state index in [4.69, 9.17) is 5.73 Å². The lowest BCUT2D eigenvalue weighted by Gasteiger charge is -2.17. The van der Waals surface area contributed by atoms with Gasteiger partial charge >= 0.3 is 6.18 Å². The number of anilines is 1. The van der Waals surface area contributed by atoms with E-state index >= 15 is 0 Å². The van der Waals surface area contributed by atoms with E-state index in [1.807, 2.05) is 0 Å². The number of nitrogen functional groups attached to an aromatic ring is 1. The molecule has 3 nitrogen and oxygen atoms in total. The van der Waals surface area contributed by atoms with Gasteiger partial charge in [0.2, 0.25) is 0 Å². The van der Waals surface area contributed by atoms with Gasteiger partial charge in [-0.1, -0.05) is 0 Å². The topological polar surface area (TPSA) is 48.0 Å². The monoisotopic (exact) mass is 282 g/mol. The molecule has 1 heterocycles. The first kappa shape index (κ1) is 14.2. The van der Waals surface area contributed by atoms with Gasteiger partial charge in [0.25, 0.3) is 0 Å². The van der Waals surface area contributed by atoms with E-state index in [1.165, 1.54) is 24.3 Å². The second-order valence-electron chi connectivity index (χ2n) is 4.58. The number of nitrogens with two attached hydrogens (primary N) is 1. The Hall–Kier alpha value is -2.24. The number of aryl methyl sites for hydroxylation is 2. The number of nitrogens with zero attached hydrogens (tertiary/aromatic N) is 1. The van der Waals surface area contributed by atoms with E-state index in [1.54, 1.807) is 18.4 Å². The number of aromatic nitrogens is 1. The highest BCUT2D eigenvalue weighted by Crippen LogP contribution is 2.35. The minimum atomic E-state index is -4.51. The summed E-state index contributed by atoms with van der Waals surface area (Å²) in [7, 11) is 0. The molecule has 0 bridgehead atoms. The summed E-state index contributed by atoms with van der Waals surface area (Å²) in [5.41, 5.74) is 5.44. The third kappa shape index (κ3) is 2.54. The van der Waals surface area contributed by atoms with Crippen LogP contribution in [0.5, 0.6) is 0 Å². The molecule has 0 aliphatic rings. The summed E-state index contributed by atoms with van der Waals surface area (Å²) >= 11 is 0. The second-order valence-corrected chi connectivity index (χ2v) is 4.58. The van der Waals surface area contributed by atoms with Gasteiger partial charge in [-0.05, 0) is 32.0 Å². The minimum absolute atomic E-state index is 0.178. The number of hydrogen-bond acceptors (Lipinski definition) is 2. The number of pyridine rings is 1. The fourth-order valence-electron chi connectivity index (χ4n) is 2.20. The molecular weight excluding hydrogens is 269 g/mol. The van der Waals surface area contributed by atoms with E-state index in [0.717, 1.165) is 6.07 Å². The van der Waals surface area contributed by atoms with Gasteiger partial charge in [-0.25, -0.2) is 0 Å². The van der Waals surface area contributed by atoms with Crippen LogP contribution >= 0.6 is 0 Å². The molecule has 0 spiro atoms. The minimum Gasteiger partial charge on any atom is -0.398 e. The van der Waals surface area contributed by atoms with Crippen molar-refractivity contribution < 1.29 is 13.2 Å². The third-order valence-corrected chi connectivity index (χ3v) is 3.01. The summed E-state index contributed by atoms with van der Waals surface area (Å²) in [5.74, 6) is 0. The van der Waals surface area contributed by atoms with Crippen molar-refractivity contribution in [2.24, 2.45) is 0 Å². The van der Waals surface area contributed by atoms with Crippen LogP contribution in [0.25, 0.3) is 5.69 Å². The molecule has 0 saturated heterocycles. The zero-order chi connectivity index (χ0) is 15.1. The van der Waals surface area contributed by atoms with Crippen molar-refractivity contribution in [2.45, 2.75) is 20.0 Å². The Kier molecular flexibility index (Phi) is 3.33. The summed E-state index contributed by atoms with van der Waals surface area (Å²) in [6, 6.07) is 6.44. The highest BCUT2D eigenvalue weighted by Gasteiger charge is 2.33. The van der Waals surface area contributed by atoms with Gasteiger partial charge < -0.3 is 10.3 Å². The molecule has 1 aromatic heterocycles. The van der Waals surface area contributed by atoms with Gasteiger partial charge in [0.15, 0.2) is 5.43 Å². The van der Waals surface area contributed by atoms with Crippen LogP contribution in [0.4, 0.5) is 18.9 Å². The van der Waals surface area contributed by atoms with Crippen molar-refractivity contribution in [3.63, 3.8) is 0 Å². The standard InChI is InChI=1S/C14H13F3N2O/c1-8-5-11(20)6-9(2)19(8)10-3-4-13(18)12(7-10)14(15,16)17/h3-7H,18H2,1-2H3. The molecule has 106 valence electrons. The molecule has 0 saturated carbocycles. The van der Waals surface area contributed by atoms with Crippen LogP contribution in [0.3, 0.4) is 0 Å². The first-order valence-electron chi connectivity index (χ1n) is 5.87. The molecule has 0 unspecified atom stereocenters. The van der Waals surface area contributed by atoms with Gasteiger partial charge in [0.05, 0.1) is 5.56 Å². The van der Waals surface area contributed by atoms with Crippen LogP contribution in [0.15, 0.2) is 35.1 Å². The SMILES string of the molecule is Cc1cc(=O)cc(C)n1-c1ccc(N)c(C(F)(F)F)c1. The Morgan fingerprint density at radius 2 is 1.60 bits per heavy atom. The number of rotatable bonds is 1. The number of benzene rings is 1. The molecular formula is C14H13F3N2O. The van der Waals surface area contributed by atoms with Crippen molar-refractivity contribution in [3.8, 4) is 5.69 Å². The van der Waals surface area contributed by atoms with E-state index in [-0.39, 0.29) is 11.1 Å². The zero-order valence-electron chi connectivity index (χ0n) is 11.0. The zero-order valence-corrected chi connectivity index (χ0v) is 11.0.